The SMILES string of the molecule is CCc1oc(CC)c(C(=O)OC)c(=O)c1C(=O)OC. The first-order valence-electron chi connectivity index (χ1n) is 5.87. The molecule has 0 bridgehead atoms. The maximum Gasteiger partial charge on any atom is 0.345 e. The number of hydrogen-bond donors (Lipinski definition) is 0. The van der Waals surface area contributed by atoms with Gasteiger partial charge in [-0.1, -0.05) is 13.8 Å². The van der Waals surface area contributed by atoms with Crippen LogP contribution in [-0.4, -0.2) is 26.2 Å². The first-order chi connectivity index (χ1) is 9.01. The highest BCUT2D eigenvalue weighted by atomic mass is 16.5. The molecule has 0 aromatic carbocycles. The molecule has 0 spiro atoms. The summed E-state index contributed by atoms with van der Waals surface area (Å²) in [5.41, 5.74) is -1.20. The van der Waals surface area contributed by atoms with Crippen molar-refractivity contribution in [3.8, 4) is 0 Å². The lowest BCUT2D eigenvalue weighted by Gasteiger charge is -2.10. The molecule has 0 aliphatic heterocycles. The molecule has 0 aliphatic carbocycles. The Labute approximate surface area is 110 Å². The van der Waals surface area contributed by atoms with Crippen molar-refractivity contribution in [1.82, 2.24) is 0 Å². The Morgan fingerprint density at radius 1 is 0.947 bits per heavy atom. The molecule has 104 valence electrons. The number of hydrogen-bond acceptors (Lipinski definition) is 6. The summed E-state index contributed by atoms with van der Waals surface area (Å²) in [7, 11) is 2.32. The molecule has 1 rings (SSSR count). The Morgan fingerprint density at radius 3 is 1.58 bits per heavy atom. The van der Waals surface area contributed by atoms with E-state index in [0.29, 0.717) is 12.8 Å². The number of carbonyl (C=O) groups excluding carboxylic acids is 2. The Bertz CT molecular complexity index is 510. The van der Waals surface area contributed by atoms with E-state index in [4.69, 9.17) is 4.42 Å². The van der Waals surface area contributed by atoms with Crippen LogP contribution >= 0.6 is 0 Å². The van der Waals surface area contributed by atoms with Gasteiger partial charge in [-0.25, -0.2) is 9.59 Å². The van der Waals surface area contributed by atoms with Crippen LogP contribution in [0.1, 0.15) is 46.1 Å². The summed E-state index contributed by atoms with van der Waals surface area (Å²) >= 11 is 0. The van der Waals surface area contributed by atoms with E-state index in [1.807, 2.05) is 0 Å². The van der Waals surface area contributed by atoms with Crippen molar-refractivity contribution in [2.75, 3.05) is 14.2 Å². The third-order valence-corrected chi connectivity index (χ3v) is 2.68. The molecule has 6 nitrogen and oxygen atoms in total. The van der Waals surface area contributed by atoms with Gasteiger partial charge < -0.3 is 13.9 Å². The summed E-state index contributed by atoms with van der Waals surface area (Å²) in [5, 5.41) is 0. The van der Waals surface area contributed by atoms with Crippen LogP contribution in [-0.2, 0) is 22.3 Å². The summed E-state index contributed by atoms with van der Waals surface area (Å²) in [6.45, 7) is 3.48. The van der Waals surface area contributed by atoms with Gasteiger partial charge in [0.05, 0.1) is 14.2 Å². The van der Waals surface area contributed by atoms with Crippen LogP contribution in [0.15, 0.2) is 9.21 Å². The molecule has 0 N–H and O–H groups in total. The van der Waals surface area contributed by atoms with E-state index in [1.54, 1.807) is 13.8 Å². The standard InChI is InChI=1S/C13H16O6/c1-5-7-9(12(15)17-3)11(14)10(13(16)18-4)8(6-2)19-7/h5-6H2,1-4H3. The number of esters is 2. The molecule has 6 heteroatoms. The second-order valence-corrected chi connectivity index (χ2v) is 3.72. The minimum absolute atomic E-state index is 0.210. The first kappa shape index (κ1) is 14.9. The van der Waals surface area contributed by atoms with Gasteiger partial charge in [0, 0.05) is 12.8 Å². The van der Waals surface area contributed by atoms with Crippen molar-refractivity contribution >= 4 is 11.9 Å². The number of aryl methyl sites for hydroxylation is 2. The van der Waals surface area contributed by atoms with Crippen molar-refractivity contribution in [1.29, 1.82) is 0 Å². The first-order valence-corrected chi connectivity index (χ1v) is 5.87. The van der Waals surface area contributed by atoms with E-state index < -0.39 is 17.4 Å². The molecule has 0 aliphatic rings. The molecular weight excluding hydrogens is 252 g/mol. The topological polar surface area (TPSA) is 82.8 Å². The molecule has 0 saturated heterocycles. The van der Waals surface area contributed by atoms with E-state index in [1.165, 1.54) is 0 Å². The number of ether oxygens (including phenoxy) is 2. The van der Waals surface area contributed by atoms with E-state index in [9.17, 15) is 14.4 Å². The van der Waals surface area contributed by atoms with Crippen LogP contribution in [0.2, 0.25) is 0 Å². The van der Waals surface area contributed by atoms with Gasteiger partial charge in [0.15, 0.2) is 0 Å². The molecule has 0 saturated carbocycles. The average molecular weight is 268 g/mol. The predicted molar refractivity (Wildman–Crippen MR) is 66.4 cm³/mol. The zero-order valence-electron chi connectivity index (χ0n) is 11.4. The molecule has 0 radical (unpaired) electrons. The second-order valence-electron chi connectivity index (χ2n) is 3.72. The van der Waals surface area contributed by atoms with Crippen LogP contribution in [0.5, 0.6) is 0 Å². The van der Waals surface area contributed by atoms with Gasteiger partial charge in [0.2, 0.25) is 5.43 Å². The lowest BCUT2D eigenvalue weighted by Crippen LogP contribution is -2.27. The third kappa shape index (κ3) is 2.67. The summed E-state index contributed by atoms with van der Waals surface area (Å²) < 4.78 is 14.6. The fourth-order valence-corrected chi connectivity index (χ4v) is 1.74. The van der Waals surface area contributed by atoms with Crippen molar-refractivity contribution < 1.29 is 23.5 Å². The molecule has 0 fully saturated rings. The van der Waals surface area contributed by atoms with Crippen LogP contribution in [0.3, 0.4) is 0 Å². The van der Waals surface area contributed by atoms with E-state index in [-0.39, 0.29) is 22.6 Å². The Balaban J connectivity index is 3.69. The summed E-state index contributed by atoms with van der Waals surface area (Å²) in [4.78, 5) is 35.6. The molecule has 1 aromatic rings. The zero-order chi connectivity index (χ0) is 14.6. The van der Waals surface area contributed by atoms with Gasteiger partial charge in [0.25, 0.3) is 0 Å². The monoisotopic (exact) mass is 268 g/mol. The smallest absolute Gasteiger partial charge is 0.345 e. The quantitative estimate of drug-likeness (QED) is 0.766. The summed E-state index contributed by atoms with van der Waals surface area (Å²) in [6, 6.07) is 0. The predicted octanol–water partition coefficient (Wildman–Crippen LogP) is 1.34. The highest BCUT2D eigenvalue weighted by Crippen LogP contribution is 2.15. The minimum atomic E-state index is -0.821. The maximum atomic E-state index is 12.3. The van der Waals surface area contributed by atoms with Crippen molar-refractivity contribution in [2.45, 2.75) is 26.7 Å². The Hall–Kier alpha value is -2.11. The third-order valence-electron chi connectivity index (χ3n) is 2.68. The second kappa shape index (κ2) is 6.17. The van der Waals surface area contributed by atoms with Crippen molar-refractivity contribution in [3.05, 3.63) is 32.9 Å². The Kier molecular flexibility index (Phi) is 4.86. The maximum absolute atomic E-state index is 12.3. The lowest BCUT2D eigenvalue weighted by atomic mass is 10.1. The van der Waals surface area contributed by atoms with Gasteiger partial charge in [-0.2, -0.15) is 0 Å². The average Bonchev–Trinajstić information content (AvgIpc) is 2.44. The minimum Gasteiger partial charge on any atom is -0.465 e. The number of methoxy groups -OCH3 is 2. The zero-order valence-corrected chi connectivity index (χ0v) is 11.4. The number of carbonyl (C=O) groups is 2. The van der Waals surface area contributed by atoms with E-state index >= 15 is 0 Å². The van der Waals surface area contributed by atoms with E-state index in [0.717, 1.165) is 14.2 Å². The number of rotatable bonds is 4. The molecule has 0 amide bonds. The molecule has 1 aromatic heterocycles. The molecule has 1 heterocycles. The largest absolute Gasteiger partial charge is 0.465 e. The van der Waals surface area contributed by atoms with Gasteiger partial charge >= 0.3 is 11.9 Å². The Morgan fingerprint density at radius 2 is 1.32 bits per heavy atom. The summed E-state index contributed by atoms with van der Waals surface area (Å²) in [5.74, 6) is -1.22. The van der Waals surface area contributed by atoms with Gasteiger partial charge in [0.1, 0.15) is 22.6 Å². The van der Waals surface area contributed by atoms with Gasteiger partial charge in [-0.15, -0.1) is 0 Å². The van der Waals surface area contributed by atoms with Gasteiger partial charge in [-0.05, 0) is 0 Å². The normalized spacial score (nSPS) is 10.1. The van der Waals surface area contributed by atoms with Crippen LogP contribution in [0.4, 0.5) is 0 Å². The fraction of sp³-hybridized carbons (Fsp3) is 0.462. The van der Waals surface area contributed by atoms with Crippen LogP contribution < -0.4 is 5.43 Å². The summed E-state index contributed by atoms with van der Waals surface area (Å²) in [6.07, 6.45) is 0.683. The highest BCUT2D eigenvalue weighted by molar-refractivity contribution is 5.96. The highest BCUT2D eigenvalue weighted by Gasteiger charge is 2.27. The van der Waals surface area contributed by atoms with Crippen LogP contribution in [0, 0.1) is 0 Å². The molecular formula is C13H16O6. The molecule has 0 atom stereocenters. The van der Waals surface area contributed by atoms with Crippen molar-refractivity contribution in [2.24, 2.45) is 0 Å². The lowest BCUT2D eigenvalue weighted by molar-refractivity contribution is 0.0586. The molecule has 19 heavy (non-hydrogen) atoms. The van der Waals surface area contributed by atoms with E-state index in [2.05, 4.69) is 9.47 Å². The van der Waals surface area contributed by atoms with Gasteiger partial charge in [-0.3, -0.25) is 4.79 Å². The fourth-order valence-electron chi connectivity index (χ4n) is 1.74. The molecule has 0 unspecified atom stereocenters. The van der Waals surface area contributed by atoms with Crippen LogP contribution in [0.25, 0.3) is 0 Å². The van der Waals surface area contributed by atoms with Crippen molar-refractivity contribution in [3.63, 3.8) is 0 Å².